The quantitative estimate of drug-likeness (QED) is 0.819. The summed E-state index contributed by atoms with van der Waals surface area (Å²) in [6.45, 7) is 1.73. The number of anilines is 2. The van der Waals surface area contributed by atoms with Crippen molar-refractivity contribution in [3.63, 3.8) is 0 Å². The van der Waals surface area contributed by atoms with Crippen LogP contribution in [0.5, 0.6) is 0 Å². The molecule has 2 N–H and O–H groups in total. The highest BCUT2D eigenvalue weighted by molar-refractivity contribution is 9.10. The SMILES string of the molecule is C[C@@H](Nc1ccc(Br)cc1)C(=O)Nc1ccc(F)cc1Cl. The molecule has 0 aliphatic heterocycles. The molecule has 0 fully saturated rings. The zero-order chi connectivity index (χ0) is 15.4. The van der Waals surface area contributed by atoms with Crippen molar-refractivity contribution >= 4 is 44.8 Å². The summed E-state index contributed by atoms with van der Waals surface area (Å²) in [6.07, 6.45) is 0. The van der Waals surface area contributed by atoms with Crippen molar-refractivity contribution in [2.45, 2.75) is 13.0 Å². The normalized spacial score (nSPS) is 11.8. The number of hydrogen-bond acceptors (Lipinski definition) is 2. The van der Waals surface area contributed by atoms with E-state index in [1.165, 1.54) is 12.1 Å². The average Bonchev–Trinajstić information content (AvgIpc) is 2.44. The molecule has 0 spiro atoms. The van der Waals surface area contributed by atoms with Crippen LogP contribution in [0.15, 0.2) is 46.9 Å². The molecule has 21 heavy (non-hydrogen) atoms. The summed E-state index contributed by atoms with van der Waals surface area (Å²) in [4.78, 5) is 12.1. The van der Waals surface area contributed by atoms with Gasteiger partial charge in [0.15, 0.2) is 0 Å². The second-order valence-corrected chi connectivity index (χ2v) is 5.81. The zero-order valence-corrected chi connectivity index (χ0v) is 13.5. The lowest BCUT2D eigenvalue weighted by molar-refractivity contribution is -0.116. The Bertz CT molecular complexity index is 649. The Morgan fingerprint density at radius 2 is 1.90 bits per heavy atom. The van der Waals surface area contributed by atoms with Crippen LogP contribution >= 0.6 is 27.5 Å². The van der Waals surface area contributed by atoms with Gasteiger partial charge in [-0.05, 0) is 49.4 Å². The van der Waals surface area contributed by atoms with Gasteiger partial charge in [-0.3, -0.25) is 4.79 Å². The number of rotatable bonds is 4. The third kappa shape index (κ3) is 4.44. The molecule has 0 bridgehead atoms. The smallest absolute Gasteiger partial charge is 0.246 e. The maximum absolute atomic E-state index is 13.0. The summed E-state index contributed by atoms with van der Waals surface area (Å²) in [5.41, 5.74) is 1.21. The molecule has 3 nitrogen and oxygen atoms in total. The molecule has 2 aromatic rings. The summed E-state index contributed by atoms with van der Waals surface area (Å²) < 4.78 is 13.9. The van der Waals surface area contributed by atoms with Gasteiger partial charge in [0.05, 0.1) is 10.7 Å². The molecule has 0 radical (unpaired) electrons. The summed E-state index contributed by atoms with van der Waals surface area (Å²) in [6, 6.07) is 10.8. The van der Waals surface area contributed by atoms with E-state index in [1.807, 2.05) is 24.3 Å². The molecular weight excluding hydrogens is 359 g/mol. The Hall–Kier alpha value is -1.59. The molecular formula is C15H13BrClFN2O. The Labute approximate surface area is 135 Å². The lowest BCUT2D eigenvalue weighted by atomic mass is 10.2. The molecule has 2 rings (SSSR count). The van der Waals surface area contributed by atoms with Crippen LogP contribution in [0.2, 0.25) is 5.02 Å². The van der Waals surface area contributed by atoms with Gasteiger partial charge >= 0.3 is 0 Å². The Balaban J connectivity index is 2.00. The number of hydrogen-bond donors (Lipinski definition) is 2. The standard InChI is InChI=1S/C15H13BrClFN2O/c1-9(19-12-5-2-10(16)3-6-12)15(21)20-14-7-4-11(18)8-13(14)17/h2-9,19H,1H3,(H,20,21)/t9-/m1/s1. The largest absolute Gasteiger partial charge is 0.374 e. The first-order valence-corrected chi connectivity index (χ1v) is 7.41. The fourth-order valence-electron chi connectivity index (χ4n) is 1.69. The van der Waals surface area contributed by atoms with Crippen LogP contribution in [0.25, 0.3) is 0 Å². The van der Waals surface area contributed by atoms with Crippen molar-refractivity contribution < 1.29 is 9.18 Å². The van der Waals surface area contributed by atoms with E-state index in [9.17, 15) is 9.18 Å². The Morgan fingerprint density at radius 1 is 1.24 bits per heavy atom. The van der Waals surface area contributed by atoms with Gasteiger partial charge in [0.2, 0.25) is 5.91 Å². The molecule has 2 aromatic carbocycles. The number of nitrogens with one attached hydrogen (secondary N) is 2. The first kappa shape index (κ1) is 15.8. The van der Waals surface area contributed by atoms with Crippen molar-refractivity contribution in [2.24, 2.45) is 0 Å². The van der Waals surface area contributed by atoms with Crippen LogP contribution in [0, 0.1) is 5.82 Å². The van der Waals surface area contributed by atoms with Gasteiger partial charge in [-0.15, -0.1) is 0 Å². The summed E-state index contributed by atoms with van der Waals surface area (Å²) >= 11 is 9.22. The number of carbonyl (C=O) groups excluding carboxylic acids is 1. The second-order valence-electron chi connectivity index (χ2n) is 4.49. The van der Waals surface area contributed by atoms with Crippen molar-refractivity contribution in [1.29, 1.82) is 0 Å². The fourth-order valence-corrected chi connectivity index (χ4v) is 2.17. The number of benzene rings is 2. The molecule has 0 aliphatic carbocycles. The average molecular weight is 372 g/mol. The number of halogens is 3. The molecule has 0 saturated carbocycles. The van der Waals surface area contributed by atoms with Crippen LogP contribution in [0.3, 0.4) is 0 Å². The molecule has 110 valence electrons. The van der Waals surface area contributed by atoms with Gasteiger partial charge in [-0.25, -0.2) is 4.39 Å². The van der Waals surface area contributed by atoms with Crippen LogP contribution in [-0.2, 0) is 4.79 Å². The first-order valence-electron chi connectivity index (χ1n) is 6.24. The van der Waals surface area contributed by atoms with Gasteiger partial charge < -0.3 is 10.6 Å². The lowest BCUT2D eigenvalue weighted by Crippen LogP contribution is -2.31. The van der Waals surface area contributed by atoms with Gasteiger partial charge in [0.1, 0.15) is 11.9 Å². The molecule has 0 heterocycles. The van der Waals surface area contributed by atoms with Gasteiger partial charge in [-0.2, -0.15) is 0 Å². The Kier molecular flexibility index (Phi) is 5.20. The van der Waals surface area contributed by atoms with E-state index < -0.39 is 11.9 Å². The molecule has 0 aliphatic rings. The van der Waals surface area contributed by atoms with E-state index >= 15 is 0 Å². The predicted molar refractivity (Wildman–Crippen MR) is 87.3 cm³/mol. The van der Waals surface area contributed by atoms with Crippen molar-refractivity contribution in [3.8, 4) is 0 Å². The van der Waals surface area contributed by atoms with Gasteiger partial charge in [0, 0.05) is 10.2 Å². The molecule has 0 saturated heterocycles. The van der Waals surface area contributed by atoms with Crippen LogP contribution < -0.4 is 10.6 Å². The van der Waals surface area contributed by atoms with E-state index in [2.05, 4.69) is 26.6 Å². The monoisotopic (exact) mass is 370 g/mol. The third-order valence-electron chi connectivity index (χ3n) is 2.81. The number of carbonyl (C=O) groups is 1. The highest BCUT2D eigenvalue weighted by atomic mass is 79.9. The molecule has 6 heteroatoms. The Morgan fingerprint density at radius 3 is 2.52 bits per heavy atom. The van der Waals surface area contributed by atoms with Crippen molar-refractivity contribution in [3.05, 3.63) is 57.8 Å². The van der Waals surface area contributed by atoms with Crippen LogP contribution in [-0.4, -0.2) is 11.9 Å². The van der Waals surface area contributed by atoms with E-state index in [4.69, 9.17) is 11.6 Å². The van der Waals surface area contributed by atoms with Crippen LogP contribution in [0.4, 0.5) is 15.8 Å². The van der Waals surface area contributed by atoms with Crippen LogP contribution in [0.1, 0.15) is 6.92 Å². The fraction of sp³-hybridized carbons (Fsp3) is 0.133. The minimum atomic E-state index is -0.465. The van der Waals surface area contributed by atoms with Gasteiger partial charge in [-0.1, -0.05) is 27.5 Å². The topological polar surface area (TPSA) is 41.1 Å². The zero-order valence-electron chi connectivity index (χ0n) is 11.2. The molecule has 1 amide bonds. The lowest BCUT2D eigenvalue weighted by Gasteiger charge is -2.16. The van der Waals surface area contributed by atoms with Crippen molar-refractivity contribution in [1.82, 2.24) is 0 Å². The van der Waals surface area contributed by atoms with E-state index in [-0.39, 0.29) is 10.9 Å². The van der Waals surface area contributed by atoms with E-state index in [0.29, 0.717) is 5.69 Å². The molecule has 0 unspecified atom stereocenters. The summed E-state index contributed by atoms with van der Waals surface area (Å²) in [7, 11) is 0. The van der Waals surface area contributed by atoms with Gasteiger partial charge in [0.25, 0.3) is 0 Å². The van der Waals surface area contributed by atoms with Crippen molar-refractivity contribution in [2.75, 3.05) is 10.6 Å². The third-order valence-corrected chi connectivity index (χ3v) is 3.65. The minimum absolute atomic E-state index is 0.166. The highest BCUT2D eigenvalue weighted by Gasteiger charge is 2.14. The first-order chi connectivity index (χ1) is 9.95. The van der Waals surface area contributed by atoms with E-state index in [0.717, 1.165) is 16.2 Å². The second kappa shape index (κ2) is 6.91. The maximum Gasteiger partial charge on any atom is 0.246 e. The predicted octanol–water partition coefficient (Wildman–Crippen LogP) is 4.68. The summed E-state index contributed by atoms with van der Waals surface area (Å²) in [5, 5.41) is 5.90. The number of amides is 1. The maximum atomic E-state index is 13.0. The summed E-state index contributed by atoms with van der Waals surface area (Å²) in [5.74, 6) is -0.703. The minimum Gasteiger partial charge on any atom is -0.374 e. The highest BCUT2D eigenvalue weighted by Crippen LogP contribution is 2.23. The molecule has 0 aromatic heterocycles. The van der Waals surface area contributed by atoms with E-state index in [1.54, 1.807) is 6.92 Å². The molecule has 1 atom stereocenters.